The third-order valence-corrected chi connectivity index (χ3v) is 35.3. The molecule has 1 unspecified atom stereocenters. The van der Waals surface area contributed by atoms with Gasteiger partial charge in [-0.2, -0.15) is 62.2 Å². The van der Waals surface area contributed by atoms with Gasteiger partial charge in [0.05, 0.1) is 79.1 Å². The van der Waals surface area contributed by atoms with E-state index in [0.29, 0.717) is 108 Å². The van der Waals surface area contributed by atoms with Crippen molar-refractivity contribution in [3.05, 3.63) is 130 Å². The number of nitrogens with zero attached hydrogens (tertiary/aromatic N) is 19. The van der Waals surface area contributed by atoms with Crippen molar-refractivity contribution in [3.8, 4) is 36.4 Å². The summed E-state index contributed by atoms with van der Waals surface area (Å²) in [6, 6.07) is 13.5. The molecule has 0 bridgehead atoms. The molecule has 125 heavy (non-hydrogen) atoms. The number of hydrogen-bond donors (Lipinski definition) is 1. The Morgan fingerprint density at radius 2 is 0.768 bits per heavy atom. The van der Waals surface area contributed by atoms with Gasteiger partial charge in [-0.05, 0) is 167 Å². The zero-order valence-corrected chi connectivity index (χ0v) is 77.5. The summed E-state index contributed by atoms with van der Waals surface area (Å²) in [7, 11) is 11.2. The Balaban J connectivity index is 0.000000111. The van der Waals surface area contributed by atoms with E-state index < -0.39 is 5.92 Å². The summed E-state index contributed by atoms with van der Waals surface area (Å²) < 4.78 is 41.2. The van der Waals surface area contributed by atoms with Crippen LogP contribution in [0.2, 0.25) is 0 Å². The highest BCUT2D eigenvalue weighted by Crippen LogP contribution is 2.62. The SMILES string of the molecule is C[C@@H]1C(=O)/C(=C\O)C[C@]2(C)c3nn(C)c(C#N)c3CC[C@@H]12.C[C@@H]1C(=O)C(C#N)C[C@]2(C)c3nn(C)c(C#N)c3CC[C@@H]12.C[C@@H]1C(=O)CC[C@]2(C)c3nn(C)c(C#N)c3CC[C@@H]12.C[C@@H]1c2oncc2C[C@]2(C)c3nn(C)c(C#N)c3CC[C@@H]12.C[C@H]1[C@@H]2CCc3c(nn(C)c3Br)[C@@]2(C)CCC12OCCO2.C[C@H]1[C@@H]2CCc3c(nn(C)c3C#N)[C@@]2(C)CCC12OCCO2. The lowest BCUT2D eigenvalue weighted by Gasteiger charge is -2.53. The lowest BCUT2D eigenvalue weighted by molar-refractivity contribution is -0.234. The van der Waals surface area contributed by atoms with E-state index in [1.165, 1.54) is 28.8 Å². The van der Waals surface area contributed by atoms with Gasteiger partial charge in [0, 0.05) is 174 Å². The fraction of sp³-hybridized carbons (Fsp3) is 0.667. The maximum absolute atomic E-state index is 12.3. The number of ether oxygens (including phenoxy) is 4. The standard InChI is InChI=1S/C17H23N3O2.C16H23BrN2O2.2C16H18N4O.C16H19N3O2.C15H19N3O/c1-11-13-5-4-12-14(10-18)20(3)19-15(12)16(13,2)6-7-17(11)21-8-9-22-17;1-10-12-5-4-11-13(18-19(3)14(11)17)15(12,2)6-7-16(10)20-8-9-21-16;1-9-12-5-4-11-13(7-17)20(3)19-15(11)16(12,2)6-10-8-18-21-14(9)10;1-9-12-5-4-11-13(8-18)20(3)19-15(11)16(12,2)6-10(7-17)14(9)21;1-9-12-5-4-11-13(7-17)19(3)18-15(11)16(12,2)6-10(8-20)14(9)21;1-9-11-5-4-10-12(8-16)18(3)17-14(10)15(11,2)7-6-13(9)19/h11,13H,4-9H2,1-3H3;10,12H,4-9H2,1-3H3;8-9,12H,4-6H2,1-3H3;9-10,12H,4-6H2,1-3H3;8-9,12,20H,4-6H2,1-3H3;9,11H,4-7H2,1-3H3/b;;;;10-8-;/t11-,13-,16-;10-,12-,15-;9-,12-,16-;9-,10?,12-,16-;9-,12-,16-;9-,11-,15-/m000000/s1. The number of aliphatic hydroxyl groups excluding tert-OH is 1. The first-order valence-electron chi connectivity index (χ1n) is 45.3. The lowest BCUT2D eigenvalue weighted by atomic mass is 9.54. The Morgan fingerprint density at radius 3 is 1.18 bits per heavy atom. The van der Waals surface area contributed by atoms with Gasteiger partial charge in [0.15, 0.2) is 23.1 Å². The molecular weight excluding hydrogens is 1640 g/mol. The average Bonchev–Trinajstić information content (AvgIpc) is 1.58. The molecule has 29 heteroatoms. The summed E-state index contributed by atoms with van der Waals surface area (Å²) in [4.78, 5) is 36.5. The van der Waals surface area contributed by atoms with Crippen molar-refractivity contribution < 1.29 is 43.0 Å². The average molecular weight is 1760 g/mol. The summed E-state index contributed by atoms with van der Waals surface area (Å²) in [5.41, 5.74) is 17.9. The molecule has 19 atom stereocenters. The van der Waals surface area contributed by atoms with Crippen LogP contribution in [0.25, 0.3) is 0 Å². The zero-order chi connectivity index (χ0) is 89.6. The largest absolute Gasteiger partial charge is 0.515 e. The van der Waals surface area contributed by atoms with Crippen molar-refractivity contribution in [2.24, 2.45) is 113 Å². The maximum atomic E-state index is 12.3. The molecular formula is C96H120BrN19O9. The molecule has 5 saturated carbocycles. The Bertz CT molecular complexity index is 5790. The van der Waals surface area contributed by atoms with Crippen LogP contribution in [0, 0.1) is 139 Å². The highest BCUT2D eigenvalue weighted by Gasteiger charge is 2.62. The van der Waals surface area contributed by atoms with Crippen molar-refractivity contribution in [2.75, 3.05) is 26.4 Å². The molecule has 2 spiro atoms. The van der Waals surface area contributed by atoms with Gasteiger partial charge in [0.1, 0.15) is 80.9 Å². The van der Waals surface area contributed by atoms with Crippen LogP contribution in [0.3, 0.4) is 0 Å². The zero-order valence-electron chi connectivity index (χ0n) is 75.9. The van der Waals surface area contributed by atoms with E-state index in [4.69, 9.17) is 38.8 Å². The van der Waals surface area contributed by atoms with Gasteiger partial charge in [-0.1, -0.05) is 88.2 Å². The van der Waals surface area contributed by atoms with Crippen LogP contribution in [0.5, 0.6) is 0 Å². The van der Waals surface area contributed by atoms with Crippen LogP contribution < -0.4 is 0 Å². The normalized spacial score (nSPS) is 34.2. The molecule has 2 aliphatic heterocycles. The number of allylic oxidation sites excluding steroid dienone is 1. The van der Waals surface area contributed by atoms with E-state index in [-0.39, 0.29) is 85.2 Å². The number of Topliss-reactive ketones (excluding diaryl/α,β-unsaturated/α-hetero) is 3. The first kappa shape index (κ1) is 88.7. The summed E-state index contributed by atoms with van der Waals surface area (Å²) in [6.07, 6.45) is 21.8. The van der Waals surface area contributed by atoms with Crippen LogP contribution in [-0.2, 0) is 153 Å². The van der Waals surface area contributed by atoms with E-state index in [1.807, 2.05) is 52.9 Å². The smallest absolute Gasteiger partial charge is 0.171 e. The number of aromatic nitrogens is 13. The van der Waals surface area contributed by atoms with Crippen molar-refractivity contribution in [1.29, 1.82) is 31.6 Å². The maximum Gasteiger partial charge on any atom is 0.171 e. The summed E-state index contributed by atoms with van der Waals surface area (Å²) >= 11 is 3.70. The molecule has 1 N–H and O–H groups in total. The summed E-state index contributed by atoms with van der Waals surface area (Å²) in [5, 5.41) is 97.4. The summed E-state index contributed by atoms with van der Waals surface area (Å²) in [5.74, 6) is 3.66. The molecule has 7 fully saturated rings. The fourth-order valence-electron chi connectivity index (χ4n) is 27.5. The number of ketones is 3. The van der Waals surface area contributed by atoms with E-state index in [1.54, 1.807) is 37.5 Å². The molecule has 28 nitrogen and oxygen atoms in total. The molecule has 12 aliphatic carbocycles. The molecule has 0 amide bonds. The van der Waals surface area contributed by atoms with Crippen molar-refractivity contribution in [2.45, 2.75) is 268 Å². The van der Waals surface area contributed by atoms with Crippen LogP contribution in [0.15, 0.2) is 27.2 Å². The van der Waals surface area contributed by atoms with Crippen LogP contribution in [-0.4, -0.2) is 124 Å². The topological polar surface area (TPSA) is 384 Å². The van der Waals surface area contributed by atoms with Crippen molar-refractivity contribution in [3.63, 3.8) is 0 Å². The molecule has 7 aromatic rings. The Kier molecular flexibility index (Phi) is 23.1. The van der Waals surface area contributed by atoms with Crippen LogP contribution in [0.1, 0.15) is 286 Å². The number of fused-ring (bicyclic) bond motifs is 19. The third-order valence-electron chi connectivity index (χ3n) is 34.3. The number of carbonyl (C=O) groups is 3. The highest BCUT2D eigenvalue weighted by molar-refractivity contribution is 9.10. The van der Waals surface area contributed by atoms with E-state index >= 15 is 0 Å². The first-order valence-corrected chi connectivity index (χ1v) is 46.1. The number of carbonyl (C=O) groups excluding carboxylic acids is 3. The number of aliphatic hydroxyl groups is 1. The first-order chi connectivity index (χ1) is 59.4. The number of hydrogen-bond acceptors (Lipinski definition) is 22. The van der Waals surface area contributed by atoms with Gasteiger partial charge in [-0.25, -0.2) is 0 Å². The summed E-state index contributed by atoms with van der Waals surface area (Å²) in [6.45, 7) is 29.1. The molecule has 7 aromatic heterocycles. The Morgan fingerprint density at radius 1 is 0.424 bits per heavy atom. The fourth-order valence-corrected chi connectivity index (χ4v) is 28.0. The van der Waals surface area contributed by atoms with E-state index in [0.717, 1.165) is 195 Å². The monoisotopic (exact) mass is 1760 g/mol. The second-order valence-corrected chi connectivity index (χ2v) is 41.0. The van der Waals surface area contributed by atoms with Gasteiger partial charge in [0.2, 0.25) is 0 Å². The minimum Gasteiger partial charge on any atom is -0.515 e. The van der Waals surface area contributed by atoms with Crippen LogP contribution >= 0.6 is 15.9 Å². The number of halogens is 1. The Hall–Kier alpha value is -9.72. The van der Waals surface area contributed by atoms with E-state index in [2.05, 4.69) is 142 Å². The van der Waals surface area contributed by atoms with Crippen LogP contribution in [0.4, 0.5) is 0 Å². The number of rotatable bonds is 0. The van der Waals surface area contributed by atoms with Gasteiger partial charge in [-0.3, -0.25) is 42.5 Å². The quantitative estimate of drug-likeness (QED) is 0.109. The van der Waals surface area contributed by atoms with Gasteiger partial charge >= 0.3 is 0 Å². The molecule has 14 aliphatic rings. The Labute approximate surface area is 741 Å². The molecule has 9 heterocycles. The second kappa shape index (κ2) is 32.5. The minimum absolute atomic E-state index is 0.0282. The van der Waals surface area contributed by atoms with Crippen molar-refractivity contribution in [1.82, 2.24) is 63.8 Å². The third kappa shape index (κ3) is 13.6. The highest BCUT2D eigenvalue weighted by atomic mass is 79.9. The molecule has 0 radical (unpaired) electrons. The van der Waals surface area contributed by atoms with E-state index in [9.17, 15) is 51.1 Å². The number of nitriles is 6. The number of aryl methyl sites for hydroxylation is 6. The minimum atomic E-state index is -0.556. The van der Waals surface area contributed by atoms with Gasteiger partial charge < -0.3 is 28.6 Å². The van der Waals surface area contributed by atoms with Gasteiger partial charge in [-0.15, -0.1) is 0 Å². The molecule has 21 rings (SSSR count). The molecule has 0 aromatic carbocycles. The van der Waals surface area contributed by atoms with Crippen molar-refractivity contribution >= 4 is 33.3 Å². The lowest BCUT2D eigenvalue weighted by Crippen LogP contribution is -2.55. The molecule has 2 saturated heterocycles. The van der Waals surface area contributed by atoms with Gasteiger partial charge in [0.25, 0.3) is 0 Å². The molecule has 660 valence electrons. The second-order valence-electron chi connectivity index (χ2n) is 40.3. The predicted octanol–water partition coefficient (Wildman–Crippen LogP) is 14.1. The predicted molar refractivity (Wildman–Crippen MR) is 461 cm³/mol.